The molecule has 3 rings (SSSR count). The lowest BCUT2D eigenvalue weighted by molar-refractivity contribution is -0.118. The largest absolute Gasteiger partial charge is 0.453 e. The van der Waals surface area contributed by atoms with Crippen LogP contribution >= 0.6 is 0 Å². The maximum Gasteiger partial charge on any atom is 0.411 e. The predicted molar refractivity (Wildman–Crippen MR) is 129 cm³/mol. The zero-order valence-corrected chi connectivity index (χ0v) is 20.3. The Morgan fingerprint density at radius 2 is 1.94 bits per heavy atom. The van der Waals surface area contributed by atoms with Crippen LogP contribution in [0.4, 0.5) is 25.4 Å². The topological polar surface area (TPSA) is 119 Å². The molecule has 2 aromatic rings. The molecule has 0 spiro atoms. The summed E-state index contributed by atoms with van der Waals surface area (Å²) in [6, 6.07) is 5.77. The summed E-state index contributed by atoms with van der Waals surface area (Å²) in [4.78, 5) is 41.3. The number of carbonyl (C=O) groups excluding carboxylic acids is 3. The molecule has 0 saturated carbocycles. The molecule has 186 valence electrons. The Hall–Kier alpha value is -3.95. The Bertz CT molecular complexity index is 1160. The fourth-order valence-electron chi connectivity index (χ4n) is 3.45. The van der Waals surface area contributed by atoms with Crippen LogP contribution in [0.15, 0.2) is 42.6 Å². The Kier molecular flexibility index (Phi) is 7.73. The summed E-state index contributed by atoms with van der Waals surface area (Å²) >= 11 is 0. The molecule has 2 atom stereocenters. The van der Waals surface area contributed by atoms with Crippen LogP contribution in [0.25, 0.3) is 11.1 Å². The van der Waals surface area contributed by atoms with Gasteiger partial charge in [-0.1, -0.05) is 25.1 Å². The van der Waals surface area contributed by atoms with E-state index in [1.807, 2.05) is 0 Å². The van der Waals surface area contributed by atoms with Gasteiger partial charge in [0.2, 0.25) is 5.91 Å². The van der Waals surface area contributed by atoms with Gasteiger partial charge < -0.3 is 20.1 Å². The van der Waals surface area contributed by atoms with Crippen molar-refractivity contribution in [2.75, 3.05) is 17.7 Å². The van der Waals surface area contributed by atoms with E-state index in [1.54, 1.807) is 58.0 Å². The van der Waals surface area contributed by atoms with Crippen molar-refractivity contribution in [3.63, 3.8) is 0 Å². The van der Waals surface area contributed by atoms with Gasteiger partial charge in [-0.05, 0) is 51.0 Å². The van der Waals surface area contributed by atoms with Gasteiger partial charge in [0.25, 0.3) is 0 Å². The first kappa shape index (κ1) is 25.7. The van der Waals surface area contributed by atoms with Gasteiger partial charge in [-0.25, -0.2) is 14.0 Å². The van der Waals surface area contributed by atoms with E-state index in [-0.39, 0.29) is 11.4 Å². The number of hydrogen-bond donors (Lipinski definition) is 3. The fraction of sp³-hybridized carbons (Fsp3) is 0.360. The van der Waals surface area contributed by atoms with Crippen LogP contribution in [0.5, 0.6) is 0 Å². The molecule has 35 heavy (non-hydrogen) atoms. The SMILES string of the molecule is COC(=O)Nc1ccc2c(c1F)NC(=O)[C@H](C)C=CC[C@H](NC(=O)OC(C)(C)C)c1cc-2ccn1. The maximum absolute atomic E-state index is 15.5. The number of anilines is 2. The molecule has 1 aliphatic heterocycles. The third-order valence-corrected chi connectivity index (χ3v) is 5.16. The molecule has 9 nitrogen and oxygen atoms in total. The highest BCUT2D eigenvalue weighted by Gasteiger charge is 2.24. The highest BCUT2D eigenvalue weighted by atomic mass is 19.1. The van der Waals surface area contributed by atoms with Crippen molar-refractivity contribution in [3.8, 4) is 11.1 Å². The van der Waals surface area contributed by atoms with E-state index in [9.17, 15) is 14.4 Å². The molecule has 0 radical (unpaired) electrons. The third-order valence-electron chi connectivity index (χ3n) is 5.16. The van der Waals surface area contributed by atoms with Crippen molar-refractivity contribution >= 4 is 29.5 Å². The van der Waals surface area contributed by atoms with Gasteiger partial charge >= 0.3 is 12.2 Å². The first-order valence-corrected chi connectivity index (χ1v) is 11.1. The number of aromatic nitrogens is 1. The summed E-state index contributed by atoms with van der Waals surface area (Å²) in [6.45, 7) is 6.96. The molecule has 1 aromatic carbocycles. The monoisotopic (exact) mass is 484 g/mol. The number of benzene rings is 1. The van der Waals surface area contributed by atoms with Crippen LogP contribution < -0.4 is 16.0 Å². The van der Waals surface area contributed by atoms with Crippen LogP contribution in [-0.2, 0) is 14.3 Å². The van der Waals surface area contributed by atoms with Crippen LogP contribution in [0, 0.1) is 11.7 Å². The van der Waals surface area contributed by atoms with E-state index >= 15 is 4.39 Å². The number of fused-ring (bicyclic) bond motifs is 4. The molecule has 0 saturated heterocycles. The fourth-order valence-corrected chi connectivity index (χ4v) is 3.45. The summed E-state index contributed by atoms with van der Waals surface area (Å²) in [6.07, 6.45) is 3.87. The standard InChI is InChI=1S/C25H29FN4O5/c1-14-7-6-8-17(28-24(33)35-25(2,3)4)19-13-15(11-12-27-19)16-9-10-18(29-23(32)34-5)20(26)21(16)30-22(14)31/h6-7,9-14,17H,8H2,1-5H3,(H,28,33)(H,29,32)(H,30,31)/t14-,17+/m1/s1. The van der Waals surface area contributed by atoms with E-state index in [4.69, 9.17) is 4.74 Å². The third kappa shape index (κ3) is 6.56. The average molecular weight is 485 g/mol. The second kappa shape index (κ2) is 10.5. The van der Waals surface area contributed by atoms with Crippen molar-refractivity contribution in [1.29, 1.82) is 0 Å². The van der Waals surface area contributed by atoms with Gasteiger partial charge in [-0.3, -0.25) is 15.1 Å². The predicted octanol–water partition coefficient (Wildman–Crippen LogP) is 5.17. The lowest BCUT2D eigenvalue weighted by Crippen LogP contribution is -2.35. The Morgan fingerprint density at radius 3 is 2.63 bits per heavy atom. The number of rotatable bonds is 2. The summed E-state index contributed by atoms with van der Waals surface area (Å²) < 4.78 is 25.4. The van der Waals surface area contributed by atoms with E-state index in [0.717, 1.165) is 7.11 Å². The van der Waals surface area contributed by atoms with Crippen LogP contribution in [-0.4, -0.2) is 35.8 Å². The normalized spacial score (nSPS) is 17.7. The number of nitrogens with zero attached hydrogens (tertiary/aromatic N) is 1. The van der Waals surface area contributed by atoms with Crippen LogP contribution in [0.3, 0.4) is 0 Å². The minimum Gasteiger partial charge on any atom is -0.453 e. The van der Waals surface area contributed by atoms with E-state index in [1.165, 1.54) is 12.3 Å². The number of amides is 3. The number of nitrogens with one attached hydrogen (secondary N) is 3. The average Bonchev–Trinajstić information content (AvgIpc) is 2.79. The summed E-state index contributed by atoms with van der Waals surface area (Å²) in [7, 11) is 1.16. The molecule has 1 aliphatic rings. The lowest BCUT2D eigenvalue weighted by Gasteiger charge is -2.24. The molecule has 2 bridgehead atoms. The second-order valence-corrected chi connectivity index (χ2v) is 9.08. The lowest BCUT2D eigenvalue weighted by atomic mass is 9.98. The zero-order chi connectivity index (χ0) is 25.8. The molecule has 10 heteroatoms. The molecule has 0 fully saturated rings. The van der Waals surface area contributed by atoms with Crippen molar-refractivity contribution in [1.82, 2.24) is 10.3 Å². The number of ether oxygens (including phenoxy) is 2. The van der Waals surface area contributed by atoms with Gasteiger partial charge in [0.15, 0.2) is 5.82 Å². The number of carbonyl (C=O) groups is 3. The van der Waals surface area contributed by atoms with Gasteiger partial charge in [-0.2, -0.15) is 0 Å². The minimum absolute atomic E-state index is 0.0986. The minimum atomic E-state index is -0.845. The molecule has 1 aromatic heterocycles. The van der Waals surface area contributed by atoms with Gasteiger partial charge in [0.1, 0.15) is 5.60 Å². The van der Waals surface area contributed by atoms with Crippen molar-refractivity contribution < 1.29 is 28.2 Å². The van der Waals surface area contributed by atoms with Gasteiger partial charge in [-0.15, -0.1) is 0 Å². The Labute approximate surface area is 203 Å². The van der Waals surface area contributed by atoms with Crippen molar-refractivity contribution in [3.05, 3.63) is 54.1 Å². The molecule has 3 amide bonds. The maximum atomic E-state index is 15.5. The van der Waals surface area contributed by atoms with E-state index < -0.39 is 41.5 Å². The summed E-state index contributed by atoms with van der Waals surface area (Å²) in [5, 5.41) is 7.76. The zero-order valence-electron chi connectivity index (χ0n) is 20.3. The summed E-state index contributed by atoms with van der Waals surface area (Å²) in [5.41, 5.74) is 0.536. The van der Waals surface area contributed by atoms with Crippen LogP contribution in [0.2, 0.25) is 0 Å². The van der Waals surface area contributed by atoms with E-state index in [0.29, 0.717) is 23.2 Å². The van der Waals surface area contributed by atoms with Crippen molar-refractivity contribution in [2.45, 2.75) is 45.8 Å². The van der Waals surface area contributed by atoms with Crippen molar-refractivity contribution in [2.24, 2.45) is 5.92 Å². The quantitative estimate of drug-likeness (QED) is 0.506. The molecule has 3 N–H and O–H groups in total. The number of halogens is 1. The number of methoxy groups -OCH3 is 1. The Balaban J connectivity index is 2.09. The highest BCUT2D eigenvalue weighted by molar-refractivity contribution is 5.99. The molecular weight excluding hydrogens is 455 g/mol. The number of hydrogen-bond acceptors (Lipinski definition) is 6. The molecule has 2 heterocycles. The highest BCUT2D eigenvalue weighted by Crippen LogP contribution is 2.36. The smallest absolute Gasteiger partial charge is 0.411 e. The second-order valence-electron chi connectivity index (χ2n) is 9.08. The van der Waals surface area contributed by atoms with Gasteiger partial charge in [0.05, 0.1) is 36.1 Å². The van der Waals surface area contributed by atoms with E-state index in [2.05, 4.69) is 25.7 Å². The summed E-state index contributed by atoms with van der Waals surface area (Å²) in [5.74, 6) is -1.87. The Morgan fingerprint density at radius 1 is 1.20 bits per heavy atom. The number of pyridine rings is 1. The molecular formula is C25H29FN4O5. The first-order valence-electron chi connectivity index (χ1n) is 11.1. The number of alkyl carbamates (subject to hydrolysis) is 1. The molecule has 0 unspecified atom stereocenters. The van der Waals surface area contributed by atoms with Gasteiger partial charge in [0, 0.05) is 11.8 Å². The first-order chi connectivity index (χ1) is 16.5. The molecule has 0 aliphatic carbocycles. The van der Waals surface area contributed by atoms with Crippen LogP contribution in [0.1, 0.15) is 45.9 Å².